The molecule has 23 heavy (non-hydrogen) atoms. The molecule has 1 aliphatic rings. The van der Waals surface area contributed by atoms with Crippen LogP contribution in [0, 0.1) is 0 Å². The van der Waals surface area contributed by atoms with Gasteiger partial charge in [-0.2, -0.15) is 0 Å². The highest BCUT2D eigenvalue weighted by atomic mass is 32.1. The van der Waals surface area contributed by atoms with E-state index in [1.165, 1.54) is 23.3 Å². The van der Waals surface area contributed by atoms with Gasteiger partial charge in [0.1, 0.15) is 6.04 Å². The maximum absolute atomic E-state index is 12.5. The van der Waals surface area contributed by atoms with Gasteiger partial charge in [0, 0.05) is 11.6 Å². The fraction of sp³-hybridized carbons (Fsp3) is 0.421. The van der Waals surface area contributed by atoms with Crippen molar-refractivity contribution >= 4 is 17.2 Å². The quantitative estimate of drug-likeness (QED) is 0.841. The molecule has 3 nitrogen and oxygen atoms in total. The largest absolute Gasteiger partial charge is 0.348 e. The average molecular weight is 329 g/mol. The lowest BCUT2D eigenvalue weighted by Crippen LogP contribution is -2.92. The van der Waals surface area contributed by atoms with Crippen molar-refractivity contribution in [3.05, 3.63) is 58.3 Å². The molecule has 0 radical (unpaired) electrons. The smallest absolute Gasteiger partial charge is 0.278 e. The third-order valence-electron chi connectivity index (χ3n) is 4.60. The summed E-state index contributed by atoms with van der Waals surface area (Å²) in [5.41, 5.74) is 1.25. The molecule has 1 aliphatic carbocycles. The Bertz CT molecular complexity index is 606. The van der Waals surface area contributed by atoms with Crippen molar-refractivity contribution in [1.82, 2.24) is 5.32 Å². The van der Waals surface area contributed by atoms with Gasteiger partial charge in [0.25, 0.3) is 5.91 Å². The number of carbonyl (C=O) groups is 1. The summed E-state index contributed by atoms with van der Waals surface area (Å²) in [6, 6.07) is 15.1. The lowest BCUT2D eigenvalue weighted by molar-refractivity contribution is -0.704. The Hall–Kier alpha value is -1.65. The van der Waals surface area contributed by atoms with Gasteiger partial charge < -0.3 is 10.6 Å². The van der Waals surface area contributed by atoms with Gasteiger partial charge in [-0.15, -0.1) is 11.3 Å². The first-order valence-electron chi connectivity index (χ1n) is 8.48. The monoisotopic (exact) mass is 329 g/mol. The lowest BCUT2D eigenvalue weighted by atomic mass is 10.0. The van der Waals surface area contributed by atoms with E-state index in [4.69, 9.17) is 0 Å². The minimum Gasteiger partial charge on any atom is -0.348 e. The van der Waals surface area contributed by atoms with E-state index in [0.717, 1.165) is 12.8 Å². The van der Waals surface area contributed by atoms with Gasteiger partial charge in [-0.25, -0.2) is 0 Å². The average Bonchev–Trinajstić information content (AvgIpc) is 3.26. The van der Waals surface area contributed by atoms with Gasteiger partial charge >= 0.3 is 0 Å². The van der Waals surface area contributed by atoms with Crippen LogP contribution in [0.2, 0.25) is 0 Å². The molecule has 1 aromatic carbocycles. The van der Waals surface area contributed by atoms with E-state index in [-0.39, 0.29) is 18.0 Å². The molecule has 4 heteroatoms. The predicted molar refractivity (Wildman–Crippen MR) is 94.4 cm³/mol. The van der Waals surface area contributed by atoms with Crippen molar-refractivity contribution in [1.29, 1.82) is 0 Å². The maximum Gasteiger partial charge on any atom is 0.278 e. The third-order valence-corrected chi connectivity index (χ3v) is 5.56. The second-order valence-electron chi connectivity index (χ2n) is 6.37. The number of amides is 1. The summed E-state index contributed by atoms with van der Waals surface area (Å²) in [5.74, 6) is 0.161. The highest BCUT2D eigenvalue weighted by Gasteiger charge is 2.27. The number of nitrogens with two attached hydrogens (primary N) is 1. The number of thiophene rings is 1. The van der Waals surface area contributed by atoms with Crippen LogP contribution in [0.3, 0.4) is 0 Å². The van der Waals surface area contributed by atoms with Crippen molar-refractivity contribution < 1.29 is 10.1 Å². The molecule has 0 spiro atoms. The van der Waals surface area contributed by atoms with Gasteiger partial charge in [0.05, 0.1) is 4.88 Å². The Morgan fingerprint density at radius 1 is 1.17 bits per heavy atom. The van der Waals surface area contributed by atoms with Crippen LogP contribution in [0.5, 0.6) is 0 Å². The summed E-state index contributed by atoms with van der Waals surface area (Å²) in [6.45, 7) is 2.01. The number of hydrogen-bond donors (Lipinski definition) is 2. The van der Waals surface area contributed by atoms with Crippen molar-refractivity contribution in [2.45, 2.75) is 50.7 Å². The zero-order valence-electron chi connectivity index (χ0n) is 13.6. The number of rotatable bonds is 6. The Labute approximate surface area is 142 Å². The standard InChI is InChI=1S/C19H24N2OS/c1-14(19(22)21-16-10-5-6-11-16)20-18(17-12-7-13-23-17)15-8-3-2-4-9-15/h2-4,7-9,12-14,16,18,20H,5-6,10-11H2,1H3,(H,21,22)/p+1/t14-,18-/m1/s1. The number of quaternary nitrogens is 1. The van der Waals surface area contributed by atoms with Crippen LogP contribution in [0.1, 0.15) is 49.1 Å². The first-order valence-corrected chi connectivity index (χ1v) is 9.35. The van der Waals surface area contributed by atoms with E-state index in [0.29, 0.717) is 6.04 Å². The molecule has 1 heterocycles. The van der Waals surface area contributed by atoms with Gasteiger partial charge in [0.2, 0.25) is 0 Å². The topological polar surface area (TPSA) is 45.7 Å². The fourth-order valence-corrected chi connectivity index (χ4v) is 4.11. The third kappa shape index (κ3) is 4.21. The van der Waals surface area contributed by atoms with Gasteiger partial charge in [-0.3, -0.25) is 4.79 Å². The van der Waals surface area contributed by atoms with E-state index in [1.807, 2.05) is 13.0 Å². The molecule has 122 valence electrons. The van der Waals surface area contributed by atoms with Crippen LogP contribution in [-0.2, 0) is 4.79 Å². The Kier molecular flexibility index (Phi) is 5.47. The highest BCUT2D eigenvalue weighted by molar-refractivity contribution is 7.10. The molecule has 1 amide bonds. The van der Waals surface area contributed by atoms with Crippen LogP contribution < -0.4 is 10.6 Å². The minimum absolute atomic E-state index is 0.0945. The molecule has 0 saturated heterocycles. The molecule has 1 fully saturated rings. The summed E-state index contributed by atoms with van der Waals surface area (Å²) >= 11 is 1.75. The first kappa shape index (κ1) is 16.2. The van der Waals surface area contributed by atoms with Crippen LogP contribution in [0.25, 0.3) is 0 Å². The van der Waals surface area contributed by atoms with Crippen molar-refractivity contribution in [3.63, 3.8) is 0 Å². The second kappa shape index (κ2) is 7.75. The normalized spacial score (nSPS) is 17.8. The van der Waals surface area contributed by atoms with E-state index in [9.17, 15) is 4.79 Å². The van der Waals surface area contributed by atoms with E-state index >= 15 is 0 Å². The Morgan fingerprint density at radius 2 is 1.91 bits per heavy atom. The van der Waals surface area contributed by atoms with Crippen LogP contribution in [0.15, 0.2) is 47.8 Å². The fourth-order valence-electron chi connectivity index (χ4n) is 3.28. The maximum atomic E-state index is 12.5. The number of carbonyl (C=O) groups excluding carboxylic acids is 1. The molecule has 2 aromatic rings. The van der Waals surface area contributed by atoms with Crippen LogP contribution in [-0.4, -0.2) is 18.0 Å². The van der Waals surface area contributed by atoms with E-state index < -0.39 is 0 Å². The molecule has 1 aromatic heterocycles. The van der Waals surface area contributed by atoms with Crippen molar-refractivity contribution in [2.24, 2.45) is 0 Å². The van der Waals surface area contributed by atoms with Crippen LogP contribution in [0.4, 0.5) is 0 Å². The zero-order valence-corrected chi connectivity index (χ0v) is 14.4. The molecule has 0 aliphatic heterocycles. The summed E-state index contributed by atoms with van der Waals surface area (Å²) in [4.78, 5) is 13.8. The Balaban J connectivity index is 1.69. The molecule has 0 unspecified atom stereocenters. The minimum atomic E-state index is -0.0945. The number of hydrogen-bond acceptors (Lipinski definition) is 2. The van der Waals surface area contributed by atoms with Gasteiger partial charge in [-0.05, 0) is 31.2 Å². The molecule has 3 N–H and O–H groups in total. The van der Waals surface area contributed by atoms with E-state index in [2.05, 4.69) is 52.4 Å². The van der Waals surface area contributed by atoms with Crippen LogP contribution >= 0.6 is 11.3 Å². The zero-order chi connectivity index (χ0) is 16.1. The second-order valence-corrected chi connectivity index (χ2v) is 7.35. The molecular weight excluding hydrogens is 304 g/mol. The van der Waals surface area contributed by atoms with E-state index in [1.54, 1.807) is 11.3 Å². The molecular formula is C19H25N2OS+. The number of benzene rings is 1. The molecule has 3 rings (SSSR count). The van der Waals surface area contributed by atoms with Gasteiger partial charge in [-0.1, -0.05) is 49.2 Å². The highest BCUT2D eigenvalue weighted by Crippen LogP contribution is 2.23. The summed E-state index contributed by atoms with van der Waals surface area (Å²) in [6.07, 6.45) is 4.74. The lowest BCUT2D eigenvalue weighted by Gasteiger charge is -2.21. The first-order chi connectivity index (χ1) is 11.2. The summed E-state index contributed by atoms with van der Waals surface area (Å²) in [5, 5.41) is 7.50. The SMILES string of the molecule is C[C@@H]([NH2+][C@H](c1ccccc1)c1cccs1)C(=O)NC1CCCC1. The van der Waals surface area contributed by atoms with Crippen molar-refractivity contribution in [3.8, 4) is 0 Å². The molecule has 1 saturated carbocycles. The summed E-state index contributed by atoms with van der Waals surface area (Å²) in [7, 11) is 0. The predicted octanol–water partition coefficient (Wildman–Crippen LogP) is 2.85. The summed E-state index contributed by atoms with van der Waals surface area (Å²) < 4.78 is 0. The Morgan fingerprint density at radius 3 is 2.57 bits per heavy atom. The van der Waals surface area contributed by atoms with Gasteiger partial charge in [0.15, 0.2) is 6.04 Å². The van der Waals surface area contributed by atoms with Crippen molar-refractivity contribution in [2.75, 3.05) is 0 Å². The molecule has 2 atom stereocenters. The number of nitrogens with one attached hydrogen (secondary N) is 1. The molecule has 0 bridgehead atoms.